The van der Waals surface area contributed by atoms with Gasteiger partial charge in [-0.05, 0) is 30.0 Å². The lowest BCUT2D eigenvalue weighted by atomic mass is 10.4. The SMILES string of the molecule is CNC(=O)NSCCCN(C)c1nc(C)oc1Cl. The van der Waals surface area contributed by atoms with Crippen LogP contribution in [0.5, 0.6) is 0 Å². The van der Waals surface area contributed by atoms with Crippen molar-refractivity contribution in [1.82, 2.24) is 15.0 Å². The predicted molar refractivity (Wildman–Crippen MR) is 74.2 cm³/mol. The number of aryl methyl sites for hydroxylation is 1. The number of nitrogens with one attached hydrogen (secondary N) is 2. The molecule has 2 amide bonds. The number of aromatic nitrogens is 1. The summed E-state index contributed by atoms with van der Waals surface area (Å²) in [6, 6.07) is -0.191. The largest absolute Gasteiger partial charge is 0.427 e. The van der Waals surface area contributed by atoms with E-state index in [-0.39, 0.29) is 6.03 Å². The van der Waals surface area contributed by atoms with E-state index in [2.05, 4.69) is 15.0 Å². The van der Waals surface area contributed by atoms with Crippen LogP contribution in [0.15, 0.2) is 4.42 Å². The Morgan fingerprint density at radius 3 is 2.89 bits per heavy atom. The van der Waals surface area contributed by atoms with Gasteiger partial charge >= 0.3 is 6.03 Å². The first kappa shape index (κ1) is 15.0. The highest BCUT2D eigenvalue weighted by atomic mass is 35.5. The number of hydrogen-bond acceptors (Lipinski definition) is 5. The Kier molecular flexibility index (Phi) is 6.14. The second kappa shape index (κ2) is 7.38. The summed E-state index contributed by atoms with van der Waals surface area (Å²) in [4.78, 5) is 17.0. The predicted octanol–water partition coefficient (Wildman–Crippen LogP) is 2.04. The third-order valence-corrected chi connectivity index (χ3v) is 3.24. The molecule has 0 unspecified atom stereocenters. The quantitative estimate of drug-likeness (QED) is 0.620. The van der Waals surface area contributed by atoms with E-state index in [0.717, 1.165) is 18.7 Å². The second-order valence-electron chi connectivity index (χ2n) is 3.63. The van der Waals surface area contributed by atoms with Gasteiger partial charge in [-0.25, -0.2) is 4.79 Å². The number of carbonyl (C=O) groups is 1. The normalized spacial score (nSPS) is 10.2. The molecule has 18 heavy (non-hydrogen) atoms. The Labute approximate surface area is 116 Å². The molecule has 8 heteroatoms. The Bertz CT molecular complexity index is 399. The maximum Gasteiger partial charge on any atom is 0.324 e. The zero-order valence-electron chi connectivity index (χ0n) is 10.6. The molecule has 0 fully saturated rings. The molecule has 1 rings (SSSR count). The maximum absolute atomic E-state index is 10.9. The topological polar surface area (TPSA) is 70.4 Å². The fourth-order valence-electron chi connectivity index (χ4n) is 1.27. The fourth-order valence-corrected chi connectivity index (χ4v) is 2.18. The molecule has 0 atom stereocenters. The van der Waals surface area contributed by atoms with Gasteiger partial charge in [0, 0.05) is 33.3 Å². The molecule has 0 aliphatic heterocycles. The van der Waals surface area contributed by atoms with Gasteiger partial charge in [0.1, 0.15) is 0 Å². The highest BCUT2D eigenvalue weighted by Gasteiger charge is 2.12. The van der Waals surface area contributed by atoms with Crippen molar-refractivity contribution in [2.45, 2.75) is 13.3 Å². The summed E-state index contributed by atoms with van der Waals surface area (Å²) >= 11 is 7.27. The number of rotatable bonds is 6. The van der Waals surface area contributed by atoms with Crippen molar-refractivity contribution in [3.63, 3.8) is 0 Å². The van der Waals surface area contributed by atoms with E-state index in [1.165, 1.54) is 11.9 Å². The lowest BCUT2D eigenvalue weighted by Gasteiger charge is -2.15. The van der Waals surface area contributed by atoms with Crippen LogP contribution in [0, 0.1) is 6.92 Å². The van der Waals surface area contributed by atoms with Crippen molar-refractivity contribution >= 4 is 35.4 Å². The Hall–Kier alpha value is -1.08. The Morgan fingerprint density at radius 2 is 2.33 bits per heavy atom. The van der Waals surface area contributed by atoms with Gasteiger partial charge < -0.3 is 14.6 Å². The van der Waals surface area contributed by atoms with Gasteiger partial charge in [-0.2, -0.15) is 4.98 Å². The minimum absolute atomic E-state index is 0.191. The maximum atomic E-state index is 10.9. The average Bonchev–Trinajstić information content (AvgIpc) is 2.67. The van der Waals surface area contributed by atoms with E-state index >= 15 is 0 Å². The van der Waals surface area contributed by atoms with Crippen LogP contribution in [0.2, 0.25) is 5.22 Å². The number of amides is 2. The monoisotopic (exact) mass is 292 g/mol. The van der Waals surface area contributed by atoms with Crippen LogP contribution in [0.4, 0.5) is 10.6 Å². The Balaban J connectivity index is 2.23. The number of nitrogens with zero attached hydrogens (tertiary/aromatic N) is 2. The second-order valence-corrected chi connectivity index (χ2v) is 4.88. The molecule has 0 saturated heterocycles. The van der Waals surface area contributed by atoms with Gasteiger partial charge in [0.25, 0.3) is 0 Å². The molecule has 6 nitrogen and oxygen atoms in total. The minimum atomic E-state index is -0.191. The van der Waals surface area contributed by atoms with Gasteiger partial charge in [0.15, 0.2) is 11.7 Å². The summed E-state index contributed by atoms with van der Waals surface area (Å²) in [5, 5.41) is 2.79. The van der Waals surface area contributed by atoms with Crippen LogP contribution in [-0.2, 0) is 0 Å². The van der Waals surface area contributed by atoms with Crippen LogP contribution in [0.1, 0.15) is 12.3 Å². The van der Waals surface area contributed by atoms with Crippen molar-refractivity contribution in [3.8, 4) is 0 Å². The molecule has 102 valence electrons. The van der Waals surface area contributed by atoms with Crippen LogP contribution in [0.3, 0.4) is 0 Å². The number of hydrogen-bond donors (Lipinski definition) is 2. The van der Waals surface area contributed by atoms with E-state index in [9.17, 15) is 4.79 Å². The first-order valence-corrected chi connectivity index (χ1v) is 6.84. The van der Waals surface area contributed by atoms with E-state index in [4.69, 9.17) is 16.0 Å². The molecule has 0 saturated carbocycles. The molecule has 1 heterocycles. The molecule has 2 N–H and O–H groups in total. The summed E-state index contributed by atoms with van der Waals surface area (Å²) in [5.74, 6) is 2.02. The lowest BCUT2D eigenvalue weighted by Crippen LogP contribution is -2.28. The smallest absolute Gasteiger partial charge is 0.324 e. The third kappa shape index (κ3) is 4.66. The number of carbonyl (C=O) groups excluding carboxylic acids is 1. The zero-order valence-corrected chi connectivity index (χ0v) is 12.2. The number of halogens is 1. The van der Waals surface area contributed by atoms with Gasteiger partial charge in [0.05, 0.1) is 0 Å². The van der Waals surface area contributed by atoms with Gasteiger partial charge in [-0.3, -0.25) is 4.72 Å². The highest BCUT2D eigenvalue weighted by Crippen LogP contribution is 2.24. The third-order valence-electron chi connectivity index (χ3n) is 2.17. The standard InChI is InChI=1S/C10H17ClN4O2S/c1-7-13-9(8(11)17-7)15(3)5-4-6-18-14-10(16)12-2/h4-6H2,1-3H3,(H2,12,14,16). The van der Waals surface area contributed by atoms with Crippen molar-refractivity contribution in [2.24, 2.45) is 0 Å². The lowest BCUT2D eigenvalue weighted by molar-refractivity contribution is 0.248. The van der Waals surface area contributed by atoms with E-state index in [1.807, 2.05) is 11.9 Å². The molecule has 0 aromatic carbocycles. The molecule has 0 spiro atoms. The van der Waals surface area contributed by atoms with E-state index < -0.39 is 0 Å². The van der Waals surface area contributed by atoms with Crippen molar-refractivity contribution in [1.29, 1.82) is 0 Å². The summed E-state index contributed by atoms with van der Waals surface area (Å²) < 4.78 is 7.80. The van der Waals surface area contributed by atoms with Gasteiger partial charge in [-0.15, -0.1) is 0 Å². The van der Waals surface area contributed by atoms with Crippen LogP contribution in [0.25, 0.3) is 0 Å². The van der Waals surface area contributed by atoms with Crippen molar-refractivity contribution < 1.29 is 9.21 Å². The molecular formula is C10H17ClN4O2S. The van der Waals surface area contributed by atoms with Crippen molar-refractivity contribution in [2.75, 3.05) is 31.3 Å². The van der Waals surface area contributed by atoms with Crippen LogP contribution in [-0.4, -0.2) is 37.4 Å². The molecule has 0 bridgehead atoms. The van der Waals surface area contributed by atoms with Gasteiger partial charge in [0.2, 0.25) is 5.22 Å². The molecule has 0 aliphatic rings. The van der Waals surface area contributed by atoms with Crippen LogP contribution >= 0.6 is 23.5 Å². The number of urea groups is 1. The van der Waals surface area contributed by atoms with E-state index in [1.54, 1.807) is 14.0 Å². The summed E-state index contributed by atoms with van der Waals surface area (Å²) in [7, 11) is 3.48. The molecule has 0 radical (unpaired) electrons. The van der Waals surface area contributed by atoms with Gasteiger partial charge in [-0.1, -0.05) is 0 Å². The molecular weight excluding hydrogens is 276 g/mol. The number of oxazole rings is 1. The summed E-state index contributed by atoms with van der Waals surface area (Å²) in [6.45, 7) is 2.54. The highest BCUT2D eigenvalue weighted by molar-refractivity contribution is 7.97. The average molecular weight is 293 g/mol. The molecule has 1 aromatic heterocycles. The summed E-state index contributed by atoms with van der Waals surface area (Å²) in [5.41, 5.74) is 0. The molecule has 0 aliphatic carbocycles. The summed E-state index contributed by atoms with van der Waals surface area (Å²) in [6.07, 6.45) is 0.896. The van der Waals surface area contributed by atoms with E-state index in [0.29, 0.717) is 16.9 Å². The molecule has 1 aromatic rings. The number of anilines is 1. The van der Waals surface area contributed by atoms with Crippen LogP contribution < -0.4 is 14.9 Å². The first-order valence-electron chi connectivity index (χ1n) is 5.48. The van der Waals surface area contributed by atoms with Crippen molar-refractivity contribution in [3.05, 3.63) is 11.1 Å². The Morgan fingerprint density at radius 1 is 1.61 bits per heavy atom. The minimum Gasteiger partial charge on any atom is -0.427 e. The fraction of sp³-hybridized carbons (Fsp3) is 0.600. The first-order chi connectivity index (χ1) is 8.54. The zero-order chi connectivity index (χ0) is 13.5.